The molecule has 102 valence electrons. The Morgan fingerprint density at radius 1 is 1.00 bits per heavy atom. The van der Waals surface area contributed by atoms with Gasteiger partial charge in [0.05, 0.1) is 17.5 Å². The Labute approximate surface area is 110 Å². The van der Waals surface area contributed by atoms with Crippen molar-refractivity contribution in [2.24, 2.45) is 0 Å². The van der Waals surface area contributed by atoms with Crippen molar-refractivity contribution in [1.29, 1.82) is 0 Å². The third kappa shape index (κ3) is 4.24. The Hall–Kier alpha value is -0.630. The number of hydrogen-bond donors (Lipinski definition) is 0. The van der Waals surface area contributed by atoms with Gasteiger partial charge < -0.3 is 9.05 Å². The SMILES string of the molecule is CC[C@@H](C)OP(=O)(O[C@@H](C)CC)c1ccccc1. The third-order valence-electron chi connectivity index (χ3n) is 2.86. The Bertz CT molecular complexity index is 375. The summed E-state index contributed by atoms with van der Waals surface area (Å²) in [6.45, 7) is 7.83. The van der Waals surface area contributed by atoms with Crippen molar-refractivity contribution < 1.29 is 13.6 Å². The zero-order valence-corrected chi connectivity index (χ0v) is 12.5. The predicted molar refractivity (Wildman–Crippen MR) is 75.4 cm³/mol. The van der Waals surface area contributed by atoms with E-state index >= 15 is 0 Å². The summed E-state index contributed by atoms with van der Waals surface area (Å²) in [5.74, 6) is 0. The summed E-state index contributed by atoms with van der Waals surface area (Å²) in [5.41, 5.74) is 0. The first-order chi connectivity index (χ1) is 8.51. The van der Waals surface area contributed by atoms with Crippen molar-refractivity contribution in [1.82, 2.24) is 0 Å². The van der Waals surface area contributed by atoms with Gasteiger partial charge in [0.15, 0.2) is 0 Å². The monoisotopic (exact) mass is 270 g/mol. The standard InChI is InChI=1S/C14H23O3P/c1-5-12(3)16-18(15,17-13(4)6-2)14-10-8-7-9-11-14/h7-13H,5-6H2,1-4H3/t12-,13+,18?. The van der Waals surface area contributed by atoms with E-state index in [1.54, 1.807) is 12.1 Å². The van der Waals surface area contributed by atoms with Gasteiger partial charge in [0.2, 0.25) is 0 Å². The molecule has 3 nitrogen and oxygen atoms in total. The minimum absolute atomic E-state index is 0.0832. The highest BCUT2D eigenvalue weighted by Crippen LogP contribution is 2.49. The quantitative estimate of drug-likeness (QED) is 0.699. The predicted octanol–water partition coefficient (Wildman–Crippen LogP) is 4.14. The topological polar surface area (TPSA) is 35.5 Å². The summed E-state index contributed by atoms with van der Waals surface area (Å²) in [6.07, 6.45) is 1.45. The van der Waals surface area contributed by atoms with Crippen LogP contribution in [0.1, 0.15) is 40.5 Å². The van der Waals surface area contributed by atoms with E-state index in [4.69, 9.17) is 9.05 Å². The Kier molecular flexibility index (Phi) is 6.07. The smallest absolute Gasteiger partial charge is 0.302 e. The molecular weight excluding hydrogens is 247 g/mol. The zero-order chi connectivity index (χ0) is 13.6. The lowest BCUT2D eigenvalue weighted by atomic mass is 10.3. The summed E-state index contributed by atoms with van der Waals surface area (Å²) in [4.78, 5) is 0. The molecule has 0 N–H and O–H groups in total. The average molecular weight is 270 g/mol. The second kappa shape index (κ2) is 7.08. The molecule has 0 fully saturated rings. The number of hydrogen-bond acceptors (Lipinski definition) is 3. The summed E-state index contributed by atoms with van der Waals surface area (Å²) in [5, 5.41) is 0.630. The minimum Gasteiger partial charge on any atom is -0.302 e. The maximum absolute atomic E-state index is 12.9. The van der Waals surface area contributed by atoms with Crippen LogP contribution in [0.25, 0.3) is 0 Å². The molecule has 0 bridgehead atoms. The molecule has 0 aliphatic rings. The first-order valence-corrected chi connectivity index (χ1v) is 8.08. The molecule has 1 unspecified atom stereocenters. The Balaban J connectivity index is 2.98. The van der Waals surface area contributed by atoms with E-state index in [-0.39, 0.29) is 12.2 Å². The minimum atomic E-state index is -3.22. The van der Waals surface area contributed by atoms with Gasteiger partial charge in [0.1, 0.15) is 0 Å². The molecule has 1 rings (SSSR count). The fraction of sp³-hybridized carbons (Fsp3) is 0.571. The highest BCUT2D eigenvalue weighted by atomic mass is 31.2. The van der Waals surface area contributed by atoms with Gasteiger partial charge >= 0.3 is 7.60 Å². The van der Waals surface area contributed by atoms with Crippen LogP contribution in [-0.4, -0.2) is 12.2 Å². The van der Waals surface area contributed by atoms with Gasteiger partial charge in [-0.25, -0.2) is 0 Å². The van der Waals surface area contributed by atoms with Crippen LogP contribution >= 0.6 is 7.60 Å². The average Bonchev–Trinajstić information content (AvgIpc) is 2.39. The van der Waals surface area contributed by atoms with Gasteiger partial charge in [-0.05, 0) is 38.8 Å². The van der Waals surface area contributed by atoms with Gasteiger partial charge in [0.25, 0.3) is 0 Å². The molecule has 0 amide bonds. The fourth-order valence-electron chi connectivity index (χ4n) is 1.38. The van der Waals surface area contributed by atoms with Crippen molar-refractivity contribution in [3.8, 4) is 0 Å². The van der Waals surface area contributed by atoms with Gasteiger partial charge in [0, 0.05) is 0 Å². The van der Waals surface area contributed by atoms with E-state index in [9.17, 15) is 4.57 Å². The largest absolute Gasteiger partial charge is 0.361 e. The maximum Gasteiger partial charge on any atom is 0.361 e. The second-order valence-electron chi connectivity index (χ2n) is 4.48. The summed E-state index contributed by atoms with van der Waals surface area (Å²) in [7, 11) is -3.22. The molecule has 0 aliphatic carbocycles. The van der Waals surface area contributed by atoms with Gasteiger partial charge in [-0.2, -0.15) is 0 Å². The van der Waals surface area contributed by atoms with E-state index in [0.29, 0.717) is 5.30 Å². The molecular formula is C14H23O3P. The van der Waals surface area contributed by atoms with E-state index in [2.05, 4.69) is 0 Å². The Morgan fingerprint density at radius 2 is 1.44 bits per heavy atom. The number of rotatable bonds is 7. The van der Waals surface area contributed by atoms with E-state index in [1.807, 2.05) is 45.9 Å². The molecule has 0 radical (unpaired) electrons. The van der Waals surface area contributed by atoms with Crippen LogP contribution in [0.2, 0.25) is 0 Å². The van der Waals surface area contributed by atoms with Crippen molar-refractivity contribution in [3.63, 3.8) is 0 Å². The van der Waals surface area contributed by atoms with Crippen molar-refractivity contribution in [2.45, 2.75) is 52.7 Å². The van der Waals surface area contributed by atoms with Crippen LogP contribution in [-0.2, 0) is 13.6 Å². The van der Waals surface area contributed by atoms with Crippen LogP contribution < -0.4 is 5.30 Å². The highest BCUT2D eigenvalue weighted by Gasteiger charge is 2.31. The Morgan fingerprint density at radius 3 is 1.83 bits per heavy atom. The summed E-state index contributed by atoms with van der Waals surface area (Å²) in [6, 6.07) is 9.18. The lowest BCUT2D eigenvalue weighted by Crippen LogP contribution is -2.18. The molecule has 18 heavy (non-hydrogen) atoms. The lowest BCUT2D eigenvalue weighted by molar-refractivity contribution is 0.131. The van der Waals surface area contributed by atoms with E-state index in [1.165, 1.54) is 0 Å². The van der Waals surface area contributed by atoms with E-state index < -0.39 is 7.60 Å². The molecule has 0 aliphatic heterocycles. The molecule has 0 aromatic heterocycles. The van der Waals surface area contributed by atoms with Crippen molar-refractivity contribution >= 4 is 12.9 Å². The van der Waals surface area contributed by atoms with Crippen LogP contribution in [0.4, 0.5) is 0 Å². The normalized spacial score (nSPS) is 18.0. The van der Waals surface area contributed by atoms with E-state index in [0.717, 1.165) is 12.8 Å². The first-order valence-electron chi connectivity index (χ1n) is 6.54. The van der Waals surface area contributed by atoms with Crippen LogP contribution in [0.15, 0.2) is 30.3 Å². The highest BCUT2D eigenvalue weighted by molar-refractivity contribution is 7.62. The molecule has 0 saturated carbocycles. The van der Waals surface area contributed by atoms with Gasteiger partial charge in [-0.15, -0.1) is 0 Å². The molecule has 0 heterocycles. The lowest BCUT2D eigenvalue weighted by Gasteiger charge is -2.24. The van der Waals surface area contributed by atoms with Crippen molar-refractivity contribution in [3.05, 3.63) is 30.3 Å². The molecule has 1 aromatic rings. The fourth-order valence-corrected chi connectivity index (χ4v) is 3.46. The summed E-state index contributed by atoms with van der Waals surface area (Å²) < 4.78 is 24.3. The van der Waals surface area contributed by atoms with Gasteiger partial charge in [-0.1, -0.05) is 32.0 Å². The van der Waals surface area contributed by atoms with Crippen LogP contribution in [0, 0.1) is 0 Å². The molecule has 4 heteroatoms. The molecule has 1 aromatic carbocycles. The second-order valence-corrected chi connectivity index (χ2v) is 6.41. The zero-order valence-electron chi connectivity index (χ0n) is 11.6. The molecule has 0 saturated heterocycles. The van der Waals surface area contributed by atoms with Gasteiger partial charge in [-0.3, -0.25) is 4.57 Å². The maximum atomic E-state index is 12.9. The number of benzene rings is 1. The summed E-state index contributed by atoms with van der Waals surface area (Å²) >= 11 is 0. The molecule has 0 spiro atoms. The van der Waals surface area contributed by atoms with Crippen LogP contribution in [0.3, 0.4) is 0 Å². The first kappa shape index (κ1) is 15.4. The van der Waals surface area contributed by atoms with Crippen molar-refractivity contribution in [2.75, 3.05) is 0 Å². The molecule has 3 atom stereocenters. The third-order valence-corrected chi connectivity index (χ3v) is 5.07. The van der Waals surface area contributed by atoms with Crippen LogP contribution in [0.5, 0.6) is 0 Å².